The van der Waals surface area contributed by atoms with E-state index in [2.05, 4.69) is 4.90 Å². The topological polar surface area (TPSA) is 23.6 Å². The number of likely N-dealkylation sites (tertiary alicyclic amines) is 1. The van der Waals surface area contributed by atoms with Crippen LogP contribution in [0.15, 0.2) is 18.2 Å². The molecule has 1 aliphatic carbocycles. The number of benzene rings is 1. The summed E-state index contributed by atoms with van der Waals surface area (Å²) in [7, 11) is 1.86. The molecule has 6 heteroatoms. The van der Waals surface area contributed by atoms with Crippen LogP contribution in [0.4, 0.5) is 8.78 Å². The van der Waals surface area contributed by atoms with Gasteiger partial charge in [0.15, 0.2) is 11.6 Å². The van der Waals surface area contributed by atoms with Crippen LogP contribution in [0.5, 0.6) is 0 Å². The summed E-state index contributed by atoms with van der Waals surface area (Å²) in [6, 6.07) is 4.38. The fourth-order valence-electron chi connectivity index (χ4n) is 4.18. The van der Waals surface area contributed by atoms with Gasteiger partial charge in [0.2, 0.25) is 5.91 Å². The van der Waals surface area contributed by atoms with Gasteiger partial charge in [0.25, 0.3) is 0 Å². The Morgan fingerprint density at radius 2 is 1.80 bits per heavy atom. The van der Waals surface area contributed by atoms with Crippen molar-refractivity contribution in [1.29, 1.82) is 0 Å². The molecular weight excluding hydrogens is 346 g/mol. The van der Waals surface area contributed by atoms with Crippen LogP contribution in [0.3, 0.4) is 0 Å². The Hall–Kier alpha value is -1.20. The Balaban J connectivity index is 0.00000225. The normalized spacial score (nSPS) is 24.0. The average Bonchev–Trinajstić information content (AvgIpc) is 3.12. The van der Waals surface area contributed by atoms with E-state index in [0.717, 1.165) is 44.5 Å². The Labute approximate surface area is 154 Å². The molecule has 0 unspecified atom stereocenters. The number of rotatable bonds is 4. The van der Waals surface area contributed by atoms with Crippen molar-refractivity contribution in [1.82, 2.24) is 9.80 Å². The quantitative estimate of drug-likeness (QED) is 0.802. The minimum atomic E-state index is -0.893. The largest absolute Gasteiger partial charge is 0.341 e. The Kier molecular flexibility index (Phi) is 7.20. The van der Waals surface area contributed by atoms with E-state index in [0.29, 0.717) is 11.6 Å². The van der Waals surface area contributed by atoms with Crippen molar-refractivity contribution in [3.8, 4) is 0 Å². The zero-order chi connectivity index (χ0) is 17.1. The summed E-state index contributed by atoms with van der Waals surface area (Å²) >= 11 is 0. The van der Waals surface area contributed by atoms with Crippen LogP contribution in [0, 0.1) is 11.6 Å². The van der Waals surface area contributed by atoms with E-state index < -0.39 is 11.6 Å². The first-order valence-electron chi connectivity index (χ1n) is 9.00. The molecule has 2 atom stereocenters. The number of nitrogens with zero attached hydrogens (tertiary/aromatic N) is 2. The predicted octanol–water partition coefficient (Wildman–Crippen LogP) is 3.79. The van der Waals surface area contributed by atoms with Gasteiger partial charge in [-0.3, -0.25) is 9.69 Å². The SMILES string of the molecule is CN(C(=O)Cc1ccc(F)c(F)c1)[C@@H]1CCCC[C@H]1N1CCCC1.Cl. The van der Waals surface area contributed by atoms with Crippen molar-refractivity contribution in [3.05, 3.63) is 35.4 Å². The molecule has 1 saturated carbocycles. The van der Waals surface area contributed by atoms with Gasteiger partial charge in [0.1, 0.15) is 0 Å². The summed E-state index contributed by atoms with van der Waals surface area (Å²) < 4.78 is 26.4. The van der Waals surface area contributed by atoms with E-state index in [-0.39, 0.29) is 30.8 Å². The molecule has 0 spiro atoms. The molecule has 1 aromatic rings. The van der Waals surface area contributed by atoms with Crippen LogP contribution in [0.2, 0.25) is 0 Å². The summed E-state index contributed by atoms with van der Waals surface area (Å²) in [5, 5.41) is 0. The number of halogens is 3. The Morgan fingerprint density at radius 3 is 2.48 bits per heavy atom. The van der Waals surface area contributed by atoms with Gasteiger partial charge in [0, 0.05) is 19.1 Å². The number of hydrogen-bond donors (Lipinski definition) is 0. The molecule has 1 heterocycles. The molecule has 1 aliphatic heterocycles. The second kappa shape index (κ2) is 8.95. The van der Waals surface area contributed by atoms with Gasteiger partial charge < -0.3 is 4.90 Å². The zero-order valence-electron chi connectivity index (χ0n) is 14.7. The molecule has 1 saturated heterocycles. The Morgan fingerprint density at radius 1 is 1.12 bits per heavy atom. The van der Waals surface area contributed by atoms with Crippen LogP contribution in [-0.2, 0) is 11.2 Å². The number of hydrogen-bond acceptors (Lipinski definition) is 2. The zero-order valence-corrected chi connectivity index (χ0v) is 15.5. The Bertz CT molecular complexity index is 593. The maximum absolute atomic E-state index is 13.3. The molecular formula is C19H27ClF2N2O. The van der Waals surface area contributed by atoms with Crippen molar-refractivity contribution < 1.29 is 13.6 Å². The summed E-state index contributed by atoms with van der Waals surface area (Å²) in [6.07, 6.45) is 7.16. The van der Waals surface area contributed by atoms with Crippen LogP contribution in [-0.4, -0.2) is 47.9 Å². The lowest BCUT2D eigenvalue weighted by atomic mass is 9.88. The highest BCUT2D eigenvalue weighted by Gasteiger charge is 2.35. The number of amides is 1. The first-order chi connectivity index (χ1) is 11.6. The molecule has 0 radical (unpaired) electrons. The molecule has 0 bridgehead atoms. The third-order valence-electron chi connectivity index (χ3n) is 5.53. The van der Waals surface area contributed by atoms with Crippen LogP contribution >= 0.6 is 12.4 Å². The van der Waals surface area contributed by atoms with Gasteiger partial charge in [-0.25, -0.2) is 8.78 Å². The lowest BCUT2D eigenvalue weighted by Crippen LogP contribution is -2.53. The molecule has 1 aromatic carbocycles. The highest BCUT2D eigenvalue weighted by Crippen LogP contribution is 2.29. The first-order valence-corrected chi connectivity index (χ1v) is 9.00. The van der Waals surface area contributed by atoms with Crippen molar-refractivity contribution in [2.45, 2.75) is 57.0 Å². The van der Waals surface area contributed by atoms with E-state index in [9.17, 15) is 13.6 Å². The minimum absolute atomic E-state index is 0. The van der Waals surface area contributed by atoms with E-state index in [4.69, 9.17) is 0 Å². The third-order valence-corrected chi connectivity index (χ3v) is 5.53. The van der Waals surface area contributed by atoms with E-state index >= 15 is 0 Å². The highest BCUT2D eigenvalue weighted by atomic mass is 35.5. The van der Waals surface area contributed by atoms with Gasteiger partial charge in [0.05, 0.1) is 6.42 Å². The minimum Gasteiger partial charge on any atom is -0.341 e. The molecule has 25 heavy (non-hydrogen) atoms. The first kappa shape index (κ1) is 20.1. The lowest BCUT2D eigenvalue weighted by Gasteiger charge is -2.42. The van der Waals surface area contributed by atoms with Gasteiger partial charge in [-0.1, -0.05) is 18.9 Å². The standard InChI is InChI=1S/C19H26F2N2O.ClH/c1-22(19(24)13-14-8-9-15(20)16(21)12-14)17-6-2-3-7-18(17)23-10-4-5-11-23;/h8-9,12,17-18H,2-7,10-11,13H2,1H3;1H/t17-,18-;/m1./s1. The third kappa shape index (κ3) is 4.70. The van der Waals surface area contributed by atoms with E-state index in [1.807, 2.05) is 11.9 Å². The fraction of sp³-hybridized carbons (Fsp3) is 0.632. The van der Waals surface area contributed by atoms with Gasteiger partial charge in [-0.2, -0.15) is 0 Å². The second-order valence-electron chi connectivity index (χ2n) is 7.09. The fourth-order valence-corrected chi connectivity index (χ4v) is 4.18. The van der Waals surface area contributed by atoms with Crippen molar-refractivity contribution >= 4 is 18.3 Å². The molecule has 3 rings (SSSR count). The van der Waals surface area contributed by atoms with Crippen molar-refractivity contribution in [3.63, 3.8) is 0 Å². The molecule has 2 fully saturated rings. The number of likely N-dealkylation sites (N-methyl/N-ethyl adjacent to an activating group) is 1. The van der Waals surface area contributed by atoms with Gasteiger partial charge >= 0.3 is 0 Å². The monoisotopic (exact) mass is 372 g/mol. The molecule has 1 amide bonds. The van der Waals surface area contributed by atoms with Crippen LogP contribution in [0.1, 0.15) is 44.1 Å². The van der Waals surface area contributed by atoms with Crippen LogP contribution < -0.4 is 0 Å². The van der Waals surface area contributed by atoms with Crippen molar-refractivity contribution in [2.24, 2.45) is 0 Å². The second-order valence-corrected chi connectivity index (χ2v) is 7.09. The smallest absolute Gasteiger partial charge is 0.227 e. The van der Waals surface area contributed by atoms with Crippen LogP contribution in [0.25, 0.3) is 0 Å². The summed E-state index contributed by atoms with van der Waals surface area (Å²) in [5.74, 6) is -1.78. The lowest BCUT2D eigenvalue weighted by molar-refractivity contribution is -0.133. The molecule has 3 nitrogen and oxygen atoms in total. The average molecular weight is 373 g/mol. The maximum atomic E-state index is 13.3. The van der Waals surface area contributed by atoms with E-state index in [1.54, 1.807) is 0 Å². The molecule has 0 N–H and O–H groups in total. The summed E-state index contributed by atoms with van der Waals surface area (Å²) in [4.78, 5) is 17.0. The van der Waals surface area contributed by atoms with Gasteiger partial charge in [-0.15, -0.1) is 12.4 Å². The molecule has 0 aromatic heterocycles. The number of carbonyl (C=O) groups excluding carboxylic acids is 1. The molecule has 140 valence electrons. The van der Waals surface area contributed by atoms with Crippen molar-refractivity contribution in [2.75, 3.05) is 20.1 Å². The molecule has 2 aliphatic rings. The highest BCUT2D eigenvalue weighted by molar-refractivity contribution is 5.85. The summed E-state index contributed by atoms with van der Waals surface area (Å²) in [6.45, 7) is 2.26. The number of carbonyl (C=O) groups is 1. The predicted molar refractivity (Wildman–Crippen MR) is 96.9 cm³/mol. The maximum Gasteiger partial charge on any atom is 0.227 e. The van der Waals surface area contributed by atoms with E-state index in [1.165, 1.54) is 25.3 Å². The van der Waals surface area contributed by atoms with Gasteiger partial charge in [-0.05, 0) is 56.5 Å². The summed E-state index contributed by atoms with van der Waals surface area (Å²) in [5.41, 5.74) is 0.527.